The Kier molecular flexibility index (Phi) is 6.05. The highest BCUT2D eigenvalue weighted by atomic mass is 16.5. The molecular weight excluding hydrogens is 274 g/mol. The molecule has 3 N–H and O–H groups in total. The number of carbonyl (C=O) groups excluding carboxylic acids is 2. The summed E-state index contributed by atoms with van der Waals surface area (Å²) in [4.78, 5) is 33.7. The normalized spacial score (nSPS) is 12.0. The summed E-state index contributed by atoms with van der Waals surface area (Å²) in [6.07, 6.45) is 0.320. The highest BCUT2D eigenvalue weighted by molar-refractivity contribution is 6.34. The van der Waals surface area contributed by atoms with Crippen LogP contribution in [0.25, 0.3) is 0 Å². The van der Waals surface area contributed by atoms with E-state index in [1.54, 1.807) is 12.1 Å². The van der Waals surface area contributed by atoms with Crippen LogP contribution in [0.4, 0.5) is 0 Å². The number of carbonyl (C=O) groups is 3. The molecule has 0 saturated heterocycles. The summed E-state index contributed by atoms with van der Waals surface area (Å²) >= 11 is 0. The number of benzene rings is 1. The van der Waals surface area contributed by atoms with E-state index in [0.29, 0.717) is 5.56 Å². The van der Waals surface area contributed by atoms with Crippen molar-refractivity contribution in [2.24, 2.45) is 11.7 Å². The van der Waals surface area contributed by atoms with E-state index in [0.717, 1.165) is 0 Å². The lowest BCUT2D eigenvalue weighted by Crippen LogP contribution is -2.32. The monoisotopic (exact) mass is 293 g/mol. The first-order valence-electron chi connectivity index (χ1n) is 6.62. The number of rotatable bonds is 7. The SMILES string of the molecule is CC(C)CC(=O)C(=O)Oc1ccc(C[C@H](N)C(=O)O)cc1. The van der Waals surface area contributed by atoms with E-state index in [2.05, 4.69) is 0 Å². The van der Waals surface area contributed by atoms with Gasteiger partial charge in [0.25, 0.3) is 0 Å². The number of aliphatic carboxylic acids is 1. The van der Waals surface area contributed by atoms with Gasteiger partial charge in [-0.2, -0.15) is 0 Å². The van der Waals surface area contributed by atoms with Gasteiger partial charge in [-0.1, -0.05) is 26.0 Å². The molecule has 114 valence electrons. The van der Waals surface area contributed by atoms with Gasteiger partial charge in [0.2, 0.25) is 5.78 Å². The molecule has 0 aliphatic heterocycles. The fourth-order valence-corrected chi connectivity index (χ4v) is 1.65. The number of ketones is 1. The molecule has 1 rings (SSSR count). The summed E-state index contributed by atoms with van der Waals surface area (Å²) < 4.78 is 4.95. The van der Waals surface area contributed by atoms with Crippen molar-refractivity contribution >= 4 is 17.7 Å². The largest absolute Gasteiger partial charge is 0.480 e. The summed E-state index contributed by atoms with van der Waals surface area (Å²) in [5, 5.41) is 8.72. The topological polar surface area (TPSA) is 107 Å². The van der Waals surface area contributed by atoms with Crippen LogP contribution in [-0.4, -0.2) is 28.9 Å². The Hall–Kier alpha value is -2.21. The second-order valence-corrected chi connectivity index (χ2v) is 5.20. The number of carboxylic acid groups (broad SMARTS) is 1. The van der Waals surface area contributed by atoms with Crippen molar-refractivity contribution in [2.75, 3.05) is 0 Å². The van der Waals surface area contributed by atoms with Crippen LogP contribution >= 0.6 is 0 Å². The van der Waals surface area contributed by atoms with Crippen molar-refractivity contribution in [3.63, 3.8) is 0 Å². The average Bonchev–Trinajstić information content (AvgIpc) is 2.39. The van der Waals surface area contributed by atoms with Crippen LogP contribution in [0.5, 0.6) is 5.75 Å². The van der Waals surface area contributed by atoms with Crippen LogP contribution < -0.4 is 10.5 Å². The maximum Gasteiger partial charge on any atom is 0.379 e. The Morgan fingerprint density at radius 2 is 1.76 bits per heavy atom. The minimum Gasteiger partial charge on any atom is -0.480 e. The molecule has 0 aliphatic rings. The van der Waals surface area contributed by atoms with Crippen LogP contribution in [0.1, 0.15) is 25.8 Å². The highest BCUT2D eigenvalue weighted by Gasteiger charge is 2.18. The zero-order valence-corrected chi connectivity index (χ0v) is 12.0. The lowest BCUT2D eigenvalue weighted by Gasteiger charge is -2.08. The van der Waals surface area contributed by atoms with Crippen LogP contribution in [0, 0.1) is 5.92 Å². The maximum atomic E-state index is 11.5. The van der Waals surface area contributed by atoms with E-state index in [4.69, 9.17) is 15.6 Å². The molecule has 0 amide bonds. The van der Waals surface area contributed by atoms with E-state index >= 15 is 0 Å². The minimum atomic E-state index is -1.08. The standard InChI is InChI=1S/C15H19NO5/c1-9(2)7-13(17)15(20)21-11-5-3-10(4-6-11)8-12(16)14(18)19/h3-6,9,12H,7-8,16H2,1-2H3,(H,18,19)/t12-/m0/s1. The van der Waals surface area contributed by atoms with Gasteiger partial charge in [-0.15, -0.1) is 0 Å². The van der Waals surface area contributed by atoms with Crippen LogP contribution in [0.15, 0.2) is 24.3 Å². The molecule has 0 heterocycles. The number of ether oxygens (including phenoxy) is 1. The third-order valence-corrected chi connectivity index (χ3v) is 2.73. The molecule has 0 fully saturated rings. The molecule has 6 nitrogen and oxygen atoms in total. The molecular formula is C15H19NO5. The van der Waals surface area contributed by atoms with Crippen LogP contribution in [0.2, 0.25) is 0 Å². The number of Topliss-reactive ketones (excluding diaryl/α,β-unsaturated/α-hetero) is 1. The number of esters is 1. The van der Waals surface area contributed by atoms with Crippen molar-refractivity contribution < 1.29 is 24.2 Å². The number of nitrogens with two attached hydrogens (primary N) is 1. The predicted molar refractivity (Wildman–Crippen MR) is 75.9 cm³/mol. The fraction of sp³-hybridized carbons (Fsp3) is 0.400. The Labute approximate surface area is 122 Å². The van der Waals surface area contributed by atoms with Gasteiger partial charge in [-0.3, -0.25) is 9.59 Å². The molecule has 1 aromatic carbocycles. The van der Waals surface area contributed by atoms with Gasteiger partial charge < -0.3 is 15.6 Å². The van der Waals surface area contributed by atoms with Crippen molar-refractivity contribution in [1.29, 1.82) is 0 Å². The average molecular weight is 293 g/mol. The van der Waals surface area contributed by atoms with E-state index in [9.17, 15) is 14.4 Å². The first kappa shape index (κ1) is 16.8. The first-order chi connectivity index (χ1) is 9.79. The summed E-state index contributed by atoms with van der Waals surface area (Å²) in [5.41, 5.74) is 6.13. The molecule has 0 bridgehead atoms. The molecule has 1 atom stereocenters. The zero-order chi connectivity index (χ0) is 16.0. The van der Waals surface area contributed by atoms with Crippen molar-refractivity contribution in [3.8, 4) is 5.75 Å². The minimum absolute atomic E-state index is 0.0879. The van der Waals surface area contributed by atoms with Crippen molar-refractivity contribution in [1.82, 2.24) is 0 Å². The van der Waals surface area contributed by atoms with Gasteiger partial charge in [0, 0.05) is 6.42 Å². The van der Waals surface area contributed by atoms with E-state index in [1.807, 2.05) is 13.8 Å². The van der Waals surface area contributed by atoms with E-state index in [1.165, 1.54) is 12.1 Å². The molecule has 0 unspecified atom stereocenters. The molecule has 21 heavy (non-hydrogen) atoms. The van der Waals surface area contributed by atoms with Gasteiger partial charge in [0.1, 0.15) is 11.8 Å². The van der Waals surface area contributed by atoms with Gasteiger partial charge in [0.05, 0.1) is 0 Å². The Balaban J connectivity index is 2.60. The molecule has 0 aliphatic carbocycles. The van der Waals surface area contributed by atoms with E-state index in [-0.39, 0.29) is 24.5 Å². The highest BCUT2D eigenvalue weighted by Crippen LogP contribution is 2.14. The Bertz CT molecular complexity index is 521. The Morgan fingerprint density at radius 3 is 2.24 bits per heavy atom. The summed E-state index contributed by atoms with van der Waals surface area (Å²) in [5.74, 6) is -2.21. The summed E-state index contributed by atoms with van der Waals surface area (Å²) in [6.45, 7) is 3.68. The molecule has 0 spiro atoms. The maximum absolute atomic E-state index is 11.5. The molecule has 1 aromatic rings. The van der Waals surface area contributed by atoms with Crippen LogP contribution in [-0.2, 0) is 20.8 Å². The second-order valence-electron chi connectivity index (χ2n) is 5.20. The van der Waals surface area contributed by atoms with Gasteiger partial charge in [-0.25, -0.2) is 4.79 Å². The van der Waals surface area contributed by atoms with Crippen molar-refractivity contribution in [2.45, 2.75) is 32.7 Å². The Morgan fingerprint density at radius 1 is 1.19 bits per heavy atom. The summed E-state index contributed by atoms with van der Waals surface area (Å²) in [6, 6.07) is 5.25. The van der Waals surface area contributed by atoms with Crippen molar-refractivity contribution in [3.05, 3.63) is 29.8 Å². The van der Waals surface area contributed by atoms with E-state index < -0.39 is 23.8 Å². The van der Waals surface area contributed by atoms with Gasteiger partial charge in [0.15, 0.2) is 0 Å². The molecule has 0 radical (unpaired) electrons. The predicted octanol–water partition coefficient (Wildman–Crippen LogP) is 1.16. The number of carboxylic acids is 1. The molecule has 0 saturated carbocycles. The van der Waals surface area contributed by atoms with Crippen LogP contribution in [0.3, 0.4) is 0 Å². The first-order valence-corrected chi connectivity index (χ1v) is 6.62. The quantitative estimate of drug-likeness (QED) is 0.444. The van der Waals surface area contributed by atoms with Gasteiger partial charge >= 0.3 is 11.9 Å². The number of hydrogen-bond donors (Lipinski definition) is 2. The summed E-state index contributed by atoms with van der Waals surface area (Å²) in [7, 11) is 0. The lowest BCUT2D eigenvalue weighted by molar-refractivity contribution is -0.147. The molecule has 0 aromatic heterocycles. The molecule has 6 heteroatoms. The fourth-order valence-electron chi connectivity index (χ4n) is 1.65. The zero-order valence-electron chi connectivity index (χ0n) is 12.0. The smallest absolute Gasteiger partial charge is 0.379 e. The van der Waals surface area contributed by atoms with Gasteiger partial charge in [-0.05, 0) is 30.0 Å². The second kappa shape index (κ2) is 7.54. The third kappa shape index (κ3) is 5.74. The number of hydrogen-bond acceptors (Lipinski definition) is 5. The lowest BCUT2D eigenvalue weighted by atomic mass is 10.1. The third-order valence-electron chi connectivity index (χ3n) is 2.73.